The lowest BCUT2D eigenvalue weighted by Crippen LogP contribution is -2.40. The molecule has 4 bridgehead atoms. The number of rotatable bonds is 6. The minimum Gasteiger partial charge on any atom is -0.493 e. The molecule has 1 aromatic heterocycles. The molecule has 1 amide bonds. The lowest BCUT2D eigenvalue weighted by atomic mass is 9.93. The maximum absolute atomic E-state index is 13.2. The first-order valence-electron chi connectivity index (χ1n) is 14.5. The molecule has 11 nitrogen and oxygen atoms in total. The van der Waals surface area contributed by atoms with Gasteiger partial charge in [-0.25, -0.2) is 0 Å². The Morgan fingerprint density at radius 3 is 2.52 bits per heavy atom. The molecule has 0 fully saturated rings. The first-order valence-corrected chi connectivity index (χ1v) is 14.5. The Morgan fingerprint density at radius 2 is 1.76 bits per heavy atom. The van der Waals surface area contributed by atoms with Crippen molar-refractivity contribution in [2.45, 2.75) is 45.6 Å². The van der Waals surface area contributed by atoms with E-state index in [1.165, 1.54) is 0 Å². The third-order valence-corrected chi connectivity index (χ3v) is 6.81. The number of aromatic hydroxyl groups is 1. The van der Waals surface area contributed by atoms with Gasteiger partial charge in [-0.3, -0.25) is 4.79 Å². The highest BCUT2D eigenvalue weighted by Crippen LogP contribution is 2.27. The van der Waals surface area contributed by atoms with Crippen molar-refractivity contribution < 1.29 is 19.4 Å². The molecule has 226 valence electrons. The number of hydrogen-bond donors (Lipinski definition) is 4. The molecule has 0 aliphatic carbocycles. The fraction of sp³-hybridized carbons (Fsp3) is 0.484. The van der Waals surface area contributed by atoms with E-state index < -0.39 is 6.01 Å². The standard InChI is InChI=1S/C31H43N7O4/c1-31(2,21-38(3)4)20-32-27(39)24-15-14-23-18-26(24)42-17-11-6-5-10-16-41-19-25(22-12-8-7-9-13-22)34-29-35-28(33-23)36-30(40)37-29/h7-9,12-15,18,25H,5-6,10-11,16-17,19-21H2,1-4H3,(H,32,39)(H3,33,34,35,36,37,40). The van der Waals surface area contributed by atoms with E-state index in [9.17, 15) is 9.90 Å². The highest BCUT2D eigenvalue weighted by atomic mass is 16.5. The molecule has 1 aliphatic rings. The average molecular weight is 578 g/mol. The van der Waals surface area contributed by atoms with Crippen LogP contribution in [0.2, 0.25) is 0 Å². The Hall–Kier alpha value is -3.96. The second-order valence-corrected chi connectivity index (χ2v) is 11.6. The Labute approximate surface area is 248 Å². The summed E-state index contributed by atoms with van der Waals surface area (Å²) < 4.78 is 12.1. The zero-order chi connectivity index (χ0) is 30.0. The van der Waals surface area contributed by atoms with Crippen molar-refractivity contribution in [2.24, 2.45) is 5.41 Å². The summed E-state index contributed by atoms with van der Waals surface area (Å²) in [6, 6.07) is 14.5. The number of fused-ring (bicyclic) bond motifs is 4. The van der Waals surface area contributed by atoms with E-state index in [4.69, 9.17) is 9.47 Å². The lowest BCUT2D eigenvalue weighted by molar-refractivity contribution is 0.0925. The van der Waals surface area contributed by atoms with Crippen LogP contribution in [0.5, 0.6) is 11.8 Å². The van der Waals surface area contributed by atoms with Crippen LogP contribution in [0.15, 0.2) is 48.5 Å². The summed E-state index contributed by atoms with van der Waals surface area (Å²) in [5, 5.41) is 19.8. The van der Waals surface area contributed by atoms with Crippen LogP contribution in [0.3, 0.4) is 0 Å². The Balaban J connectivity index is 1.58. The van der Waals surface area contributed by atoms with Crippen molar-refractivity contribution in [3.8, 4) is 11.8 Å². The largest absolute Gasteiger partial charge is 0.493 e. The molecular weight excluding hydrogens is 534 g/mol. The molecule has 0 spiro atoms. The summed E-state index contributed by atoms with van der Waals surface area (Å²) >= 11 is 0. The zero-order valence-corrected chi connectivity index (χ0v) is 25.0. The molecule has 0 radical (unpaired) electrons. The van der Waals surface area contributed by atoms with Gasteiger partial charge in [0.25, 0.3) is 5.91 Å². The van der Waals surface area contributed by atoms with E-state index in [1.807, 2.05) is 44.4 Å². The molecule has 1 atom stereocenters. The fourth-order valence-corrected chi connectivity index (χ4v) is 4.95. The molecular formula is C31H43N7O4. The Bertz CT molecular complexity index is 1300. The first kappa shape index (κ1) is 31.0. The topological polar surface area (TPSA) is 134 Å². The van der Waals surface area contributed by atoms with Crippen molar-refractivity contribution in [2.75, 3.05) is 57.6 Å². The number of anilines is 3. The third-order valence-electron chi connectivity index (χ3n) is 6.81. The second-order valence-electron chi connectivity index (χ2n) is 11.6. The van der Waals surface area contributed by atoms with Crippen molar-refractivity contribution in [1.29, 1.82) is 0 Å². The quantitative estimate of drug-likeness (QED) is 0.325. The monoisotopic (exact) mass is 577 g/mol. The van der Waals surface area contributed by atoms with E-state index in [1.54, 1.807) is 18.2 Å². The van der Waals surface area contributed by atoms with E-state index in [0.717, 1.165) is 37.8 Å². The van der Waals surface area contributed by atoms with Crippen LogP contribution in [0.1, 0.15) is 61.5 Å². The molecule has 3 aromatic rings. The molecule has 1 unspecified atom stereocenters. The SMILES string of the molecule is CN(C)CC(C)(C)CNC(=O)c1ccc2cc1OCCCCCCOCC(c1ccccc1)Nc1nc(O)nc(n1)N2. The predicted octanol–water partition coefficient (Wildman–Crippen LogP) is 4.76. The van der Waals surface area contributed by atoms with Crippen LogP contribution in [-0.2, 0) is 4.74 Å². The minimum absolute atomic E-state index is 0.0973. The highest BCUT2D eigenvalue weighted by Gasteiger charge is 2.22. The summed E-state index contributed by atoms with van der Waals surface area (Å²) in [6.45, 7) is 7.13. The van der Waals surface area contributed by atoms with E-state index in [-0.39, 0.29) is 29.3 Å². The van der Waals surface area contributed by atoms with Crippen LogP contribution in [0, 0.1) is 5.41 Å². The van der Waals surface area contributed by atoms with Gasteiger partial charge in [0.1, 0.15) is 5.75 Å². The molecule has 42 heavy (non-hydrogen) atoms. The number of nitrogens with one attached hydrogen (secondary N) is 3. The van der Waals surface area contributed by atoms with Gasteiger partial charge in [-0.15, -0.1) is 0 Å². The molecule has 0 saturated carbocycles. The molecule has 1 aliphatic heterocycles. The summed E-state index contributed by atoms with van der Waals surface area (Å²) in [6.07, 6.45) is 3.78. The van der Waals surface area contributed by atoms with Crippen molar-refractivity contribution in [1.82, 2.24) is 25.2 Å². The van der Waals surface area contributed by atoms with Gasteiger partial charge in [-0.05, 0) is 56.5 Å². The number of hydrogen-bond acceptors (Lipinski definition) is 10. The predicted molar refractivity (Wildman–Crippen MR) is 163 cm³/mol. The number of carbonyl (C=O) groups excluding carboxylic acids is 1. The van der Waals surface area contributed by atoms with Gasteiger partial charge in [-0.2, -0.15) is 15.0 Å². The number of aromatic nitrogens is 3. The highest BCUT2D eigenvalue weighted by molar-refractivity contribution is 5.97. The van der Waals surface area contributed by atoms with E-state index >= 15 is 0 Å². The van der Waals surface area contributed by atoms with Gasteiger partial charge in [0.05, 0.1) is 24.8 Å². The van der Waals surface area contributed by atoms with Crippen LogP contribution in [0.25, 0.3) is 0 Å². The molecule has 0 saturated heterocycles. The first-order chi connectivity index (χ1) is 20.2. The molecule has 4 N–H and O–H groups in total. The van der Waals surface area contributed by atoms with Crippen molar-refractivity contribution in [3.63, 3.8) is 0 Å². The van der Waals surface area contributed by atoms with Crippen LogP contribution < -0.4 is 20.7 Å². The number of amides is 1. The smallest absolute Gasteiger partial charge is 0.320 e. The number of carbonyl (C=O) groups is 1. The molecule has 2 heterocycles. The number of ether oxygens (including phenoxy) is 2. The van der Waals surface area contributed by atoms with Gasteiger partial charge < -0.3 is 35.4 Å². The minimum atomic E-state index is -0.426. The van der Waals surface area contributed by atoms with Gasteiger partial charge in [0.15, 0.2) is 0 Å². The van der Waals surface area contributed by atoms with Crippen LogP contribution >= 0.6 is 0 Å². The van der Waals surface area contributed by atoms with Gasteiger partial charge in [-0.1, -0.05) is 50.6 Å². The summed E-state index contributed by atoms with van der Waals surface area (Å²) in [7, 11) is 4.04. The van der Waals surface area contributed by atoms with Crippen LogP contribution in [-0.4, -0.2) is 77.9 Å². The van der Waals surface area contributed by atoms with Gasteiger partial charge in [0.2, 0.25) is 11.9 Å². The summed E-state index contributed by atoms with van der Waals surface area (Å²) in [5.74, 6) is 0.621. The summed E-state index contributed by atoms with van der Waals surface area (Å²) in [4.78, 5) is 28.0. The average Bonchev–Trinajstić information content (AvgIpc) is 2.93. The second kappa shape index (κ2) is 14.8. The molecule has 11 heteroatoms. The van der Waals surface area contributed by atoms with E-state index in [0.29, 0.717) is 43.4 Å². The zero-order valence-electron chi connectivity index (χ0n) is 25.0. The van der Waals surface area contributed by atoms with Crippen molar-refractivity contribution >= 4 is 23.5 Å². The Kier molecular flexibility index (Phi) is 10.9. The molecule has 4 rings (SSSR count). The number of benzene rings is 2. The van der Waals surface area contributed by atoms with E-state index in [2.05, 4.69) is 49.6 Å². The maximum Gasteiger partial charge on any atom is 0.320 e. The lowest BCUT2D eigenvalue weighted by Gasteiger charge is -2.28. The summed E-state index contributed by atoms with van der Waals surface area (Å²) in [5.41, 5.74) is 1.98. The normalized spacial score (nSPS) is 16.7. The van der Waals surface area contributed by atoms with Crippen LogP contribution in [0.4, 0.5) is 17.6 Å². The van der Waals surface area contributed by atoms with Crippen molar-refractivity contribution in [3.05, 3.63) is 59.7 Å². The molecule has 2 aromatic carbocycles. The van der Waals surface area contributed by atoms with Gasteiger partial charge in [0, 0.05) is 31.5 Å². The number of nitrogens with zero attached hydrogens (tertiary/aromatic N) is 4. The fourth-order valence-electron chi connectivity index (χ4n) is 4.95. The third kappa shape index (κ3) is 9.56. The maximum atomic E-state index is 13.2. The van der Waals surface area contributed by atoms with Gasteiger partial charge >= 0.3 is 6.01 Å². The Morgan fingerprint density at radius 1 is 1.02 bits per heavy atom.